The van der Waals surface area contributed by atoms with Crippen molar-refractivity contribution in [1.29, 1.82) is 0 Å². The van der Waals surface area contributed by atoms with Gasteiger partial charge in [0.25, 0.3) is 0 Å². The lowest BCUT2D eigenvalue weighted by Crippen LogP contribution is -2.42. The number of carbonyl (C=O) groups excluding carboxylic acids is 1. The first-order chi connectivity index (χ1) is 11.1. The van der Waals surface area contributed by atoms with E-state index in [0.717, 1.165) is 24.5 Å². The molecule has 128 valence electrons. The number of benzene rings is 1. The number of para-hydroxylation sites is 2. The number of anilines is 2. The van der Waals surface area contributed by atoms with E-state index in [1.807, 2.05) is 32.0 Å². The first-order valence-electron chi connectivity index (χ1n) is 8.64. The fraction of sp³-hybridized carbons (Fsp3) is 0.611. The van der Waals surface area contributed by atoms with Crippen molar-refractivity contribution in [3.8, 4) is 0 Å². The van der Waals surface area contributed by atoms with Crippen LogP contribution in [0, 0.1) is 5.92 Å². The molecule has 1 aliphatic rings. The van der Waals surface area contributed by atoms with Gasteiger partial charge in [0.15, 0.2) is 0 Å². The zero-order valence-corrected chi connectivity index (χ0v) is 14.2. The molecule has 1 heterocycles. The molecule has 1 aromatic carbocycles. The van der Waals surface area contributed by atoms with Gasteiger partial charge in [0.1, 0.15) is 0 Å². The van der Waals surface area contributed by atoms with Gasteiger partial charge in [-0.3, -0.25) is 0 Å². The maximum Gasteiger partial charge on any atom is 0.319 e. The quantitative estimate of drug-likeness (QED) is 0.754. The summed E-state index contributed by atoms with van der Waals surface area (Å²) in [5.74, 6) is 0.283. The topological polar surface area (TPSA) is 64.6 Å². The summed E-state index contributed by atoms with van der Waals surface area (Å²) in [4.78, 5) is 14.7. The summed E-state index contributed by atoms with van der Waals surface area (Å²) in [6.45, 7) is 6.25. The fourth-order valence-electron chi connectivity index (χ4n) is 3.03. The molecular formula is C18H29N3O2. The second kappa shape index (κ2) is 8.77. The molecule has 1 saturated heterocycles. The summed E-state index contributed by atoms with van der Waals surface area (Å²) in [7, 11) is 0. The van der Waals surface area contributed by atoms with Gasteiger partial charge < -0.3 is 20.6 Å². The molecule has 0 spiro atoms. The number of aliphatic hydroxyl groups excluding tert-OH is 1. The van der Waals surface area contributed by atoms with Gasteiger partial charge in [-0.2, -0.15) is 0 Å². The first-order valence-corrected chi connectivity index (χ1v) is 8.64. The third kappa shape index (κ3) is 5.13. The number of nitrogens with one attached hydrogen (secondary N) is 2. The van der Waals surface area contributed by atoms with Gasteiger partial charge in [0, 0.05) is 25.7 Å². The molecule has 1 unspecified atom stereocenters. The monoisotopic (exact) mass is 319 g/mol. The van der Waals surface area contributed by atoms with Crippen molar-refractivity contribution in [2.45, 2.75) is 45.6 Å². The third-order valence-electron chi connectivity index (χ3n) is 4.41. The lowest BCUT2D eigenvalue weighted by atomic mass is 10.0. The minimum Gasteiger partial charge on any atom is -0.396 e. The van der Waals surface area contributed by atoms with Crippen LogP contribution in [0.1, 0.15) is 39.5 Å². The Morgan fingerprint density at radius 1 is 1.22 bits per heavy atom. The summed E-state index contributed by atoms with van der Waals surface area (Å²) in [6, 6.07) is 7.73. The fourth-order valence-corrected chi connectivity index (χ4v) is 3.03. The van der Waals surface area contributed by atoms with Gasteiger partial charge in [-0.25, -0.2) is 4.79 Å². The molecule has 1 aliphatic heterocycles. The summed E-state index contributed by atoms with van der Waals surface area (Å²) in [5.41, 5.74) is 1.93. The van der Waals surface area contributed by atoms with Crippen molar-refractivity contribution < 1.29 is 9.90 Å². The van der Waals surface area contributed by atoms with E-state index in [1.165, 1.54) is 19.3 Å². The largest absolute Gasteiger partial charge is 0.396 e. The van der Waals surface area contributed by atoms with Gasteiger partial charge in [0.05, 0.1) is 11.4 Å². The predicted molar refractivity (Wildman–Crippen MR) is 95.0 cm³/mol. The van der Waals surface area contributed by atoms with Crippen LogP contribution in [-0.4, -0.2) is 36.9 Å². The highest BCUT2D eigenvalue weighted by Gasteiger charge is 2.18. The average molecular weight is 319 g/mol. The Bertz CT molecular complexity index is 499. The molecule has 1 fully saturated rings. The predicted octanol–water partition coefficient (Wildman–Crippen LogP) is 3.21. The van der Waals surface area contributed by atoms with E-state index in [4.69, 9.17) is 5.11 Å². The highest BCUT2D eigenvalue weighted by molar-refractivity contribution is 5.93. The second-order valence-electron chi connectivity index (χ2n) is 6.53. The highest BCUT2D eigenvalue weighted by Crippen LogP contribution is 2.28. The lowest BCUT2D eigenvalue weighted by molar-refractivity contribution is 0.227. The smallest absolute Gasteiger partial charge is 0.319 e. The van der Waals surface area contributed by atoms with Crippen LogP contribution in [0.15, 0.2) is 24.3 Å². The minimum absolute atomic E-state index is 0.0258. The van der Waals surface area contributed by atoms with Crippen LogP contribution in [0.25, 0.3) is 0 Å². The van der Waals surface area contributed by atoms with Crippen LogP contribution in [0.2, 0.25) is 0 Å². The molecule has 23 heavy (non-hydrogen) atoms. The Balaban J connectivity index is 2.02. The lowest BCUT2D eigenvalue weighted by Gasteiger charge is -2.30. The molecule has 0 aliphatic carbocycles. The Labute approximate surface area is 139 Å². The summed E-state index contributed by atoms with van der Waals surface area (Å²) in [6.07, 6.45) is 4.25. The van der Waals surface area contributed by atoms with Gasteiger partial charge in [-0.15, -0.1) is 0 Å². The molecule has 0 saturated carbocycles. The molecule has 0 radical (unpaired) electrons. The number of carbonyl (C=O) groups is 1. The van der Waals surface area contributed by atoms with Crippen molar-refractivity contribution in [3.63, 3.8) is 0 Å². The van der Waals surface area contributed by atoms with E-state index in [0.29, 0.717) is 6.42 Å². The Morgan fingerprint density at radius 3 is 2.57 bits per heavy atom. The van der Waals surface area contributed by atoms with Crippen LogP contribution in [0.5, 0.6) is 0 Å². The number of hydrogen-bond donors (Lipinski definition) is 3. The average Bonchev–Trinajstić information content (AvgIpc) is 2.55. The van der Waals surface area contributed by atoms with Crippen LogP contribution < -0.4 is 15.5 Å². The molecule has 3 N–H and O–H groups in total. The van der Waals surface area contributed by atoms with Gasteiger partial charge in [0.2, 0.25) is 0 Å². The number of rotatable bonds is 6. The van der Waals surface area contributed by atoms with Crippen LogP contribution in [0.3, 0.4) is 0 Å². The zero-order chi connectivity index (χ0) is 16.7. The first kappa shape index (κ1) is 17.6. The van der Waals surface area contributed by atoms with E-state index in [1.54, 1.807) is 0 Å². The minimum atomic E-state index is -0.207. The van der Waals surface area contributed by atoms with Gasteiger partial charge in [-0.1, -0.05) is 26.0 Å². The summed E-state index contributed by atoms with van der Waals surface area (Å²) >= 11 is 0. The van der Waals surface area contributed by atoms with Gasteiger partial charge >= 0.3 is 6.03 Å². The number of nitrogens with zero attached hydrogens (tertiary/aromatic N) is 1. The summed E-state index contributed by atoms with van der Waals surface area (Å²) in [5, 5.41) is 15.1. The summed E-state index contributed by atoms with van der Waals surface area (Å²) < 4.78 is 0. The number of piperidine rings is 1. The van der Waals surface area contributed by atoms with Crippen molar-refractivity contribution in [2.75, 3.05) is 29.9 Å². The standard InChI is InChI=1S/C18H29N3O2/c1-14(2)15(10-13-22)19-18(23)20-16-8-4-5-9-17(16)21-11-6-3-7-12-21/h4-5,8-9,14-15,22H,3,6-7,10-13H2,1-2H3,(H2,19,20,23). The second-order valence-corrected chi connectivity index (χ2v) is 6.53. The Kier molecular flexibility index (Phi) is 6.71. The van der Waals surface area contributed by atoms with Crippen LogP contribution in [-0.2, 0) is 0 Å². The van der Waals surface area contributed by atoms with E-state index >= 15 is 0 Å². The van der Waals surface area contributed by atoms with E-state index < -0.39 is 0 Å². The third-order valence-corrected chi connectivity index (χ3v) is 4.41. The number of hydrogen-bond acceptors (Lipinski definition) is 3. The highest BCUT2D eigenvalue weighted by atomic mass is 16.3. The molecule has 0 aromatic heterocycles. The zero-order valence-electron chi connectivity index (χ0n) is 14.2. The van der Waals surface area contributed by atoms with Crippen LogP contribution >= 0.6 is 0 Å². The number of amides is 2. The number of urea groups is 1. The van der Waals surface area contributed by atoms with E-state index in [2.05, 4.69) is 21.6 Å². The van der Waals surface area contributed by atoms with Crippen molar-refractivity contribution in [1.82, 2.24) is 5.32 Å². The molecular weight excluding hydrogens is 290 g/mol. The molecule has 1 atom stereocenters. The van der Waals surface area contributed by atoms with Gasteiger partial charge in [-0.05, 0) is 43.7 Å². The maximum atomic E-state index is 12.3. The molecule has 0 bridgehead atoms. The molecule has 2 amide bonds. The maximum absolute atomic E-state index is 12.3. The van der Waals surface area contributed by atoms with E-state index in [9.17, 15) is 4.79 Å². The molecule has 5 nitrogen and oxygen atoms in total. The SMILES string of the molecule is CC(C)C(CCO)NC(=O)Nc1ccccc1N1CCCCC1. The van der Waals surface area contributed by atoms with Crippen molar-refractivity contribution in [3.05, 3.63) is 24.3 Å². The van der Waals surface area contributed by atoms with E-state index in [-0.39, 0.29) is 24.6 Å². The van der Waals surface area contributed by atoms with Crippen molar-refractivity contribution >= 4 is 17.4 Å². The molecule has 2 rings (SSSR count). The number of aliphatic hydroxyl groups is 1. The Morgan fingerprint density at radius 2 is 1.91 bits per heavy atom. The molecule has 5 heteroatoms. The Hall–Kier alpha value is -1.75. The van der Waals surface area contributed by atoms with Crippen LogP contribution in [0.4, 0.5) is 16.2 Å². The molecule has 1 aromatic rings. The normalized spacial score (nSPS) is 16.3. The van der Waals surface area contributed by atoms with Crippen molar-refractivity contribution in [2.24, 2.45) is 5.92 Å².